The Hall–Kier alpha value is -2.76. The Balaban J connectivity index is 1.82. The summed E-state index contributed by atoms with van der Waals surface area (Å²) in [5.41, 5.74) is 1.16. The molecular formula is C19H23NO5. The molecule has 1 aromatic carbocycles. The van der Waals surface area contributed by atoms with Crippen LogP contribution in [-0.2, 0) is 6.42 Å². The molecule has 0 fully saturated rings. The lowest BCUT2D eigenvalue weighted by atomic mass is 10.1. The van der Waals surface area contributed by atoms with Crippen LogP contribution >= 0.6 is 0 Å². The highest BCUT2D eigenvalue weighted by Crippen LogP contribution is 2.15. The van der Waals surface area contributed by atoms with Crippen LogP contribution in [0.4, 0.5) is 0 Å². The number of aromatic carboxylic acids is 1. The molecule has 0 aliphatic carbocycles. The molecule has 1 heterocycles. The number of amides is 1. The molecule has 1 unspecified atom stereocenters. The van der Waals surface area contributed by atoms with Gasteiger partial charge in [-0.2, -0.15) is 0 Å². The van der Waals surface area contributed by atoms with Gasteiger partial charge in [0.25, 0.3) is 5.91 Å². The van der Waals surface area contributed by atoms with Gasteiger partial charge in [0.15, 0.2) is 5.76 Å². The number of carboxylic acid groups (broad SMARTS) is 1. The van der Waals surface area contributed by atoms with E-state index in [0.29, 0.717) is 0 Å². The number of hydrogen-bond acceptors (Lipinski definition) is 4. The van der Waals surface area contributed by atoms with Gasteiger partial charge in [0, 0.05) is 6.04 Å². The first-order chi connectivity index (χ1) is 11.8. The zero-order valence-corrected chi connectivity index (χ0v) is 14.6. The van der Waals surface area contributed by atoms with E-state index in [-0.39, 0.29) is 23.7 Å². The first kappa shape index (κ1) is 18.6. The van der Waals surface area contributed by atoms with E-state index in [1.807, 2.05) is 45.0 Å². The molecule has 0 aliphatic heterocycles. The Labute approximate surface area is 146 Å². The highest BCUT2D eigenvalue weighted by molar-refractivity contribution is 5.93. The quantitative estimate of drug-likeness (QED) is 0.764. The van der Waals surface area contributed by atoms with Gasteiger partial charge >= 0.3 is 5.97 Å². The van der Waals surface area contributed by atoms with E-state index in [9.17, 15) is 9.59 Å². The highest BCUT2D eigenvalue weighted by Gasteiger charge is 2.16. The highest BCUT2D eigenvalue weighted by atomic mass is 16.5. The third-order valence-electron chi connectivity index (χ3n) is 3.58. The average Bonchev–Trinajstić information content (AvgIpc) is 3.04. The second-order valence-electron chi connectivity index (χ2n) is 6.19. The Morgan fingerprint density at radius 3 is 2.28 bits per heavy atom. The lowest BCUT2D eigenvalue weighted by Crippen LogP contribution is -2.32. The van der Waals surface area contributed by atoms with Gasteiger partial charge in [-0.1, -0.05) is 12.1 Å². The normalized spacial score (nSPS) is 12.0. The van der Waals surface area contributed by atoms with E-state index in [1.165, 1.54) is 12.1 Å². The maximum absolute atomic E-state index is 12.0. The number of carbonyl (C=O) groups is 2. The Morgan fingerprint density at radius 1 is 1.08 bits per heavy atom. The van der Waals surface area contributed by atoms with E-state index >= 15 is 0 Å². The van der Waals surface area contributed by atoms with Crippen LogP contribution in [-0.4, -0.2) is 29.1 Å². The minimum Gasteiger partial charge on any atom is -0.491 e. The standard InChI is InChI=1S/C19H23NO5/c1-12(2)24-15-8-6-14(7-9-15)5-4-13(3)20-18(21)16-10-11-17(25-16)19(22)23/h6-13H,4-5H2,1-3H3,(H,20,21)(H,22,23). The third kappa shape index (κ3) is 5.67. The third-order valence-corrected chi connectivity index (χ3v) is 3.58. The SMILES string of the molecule is CC(CCc1ccc(OC(C)C)cc1)NC(=O)c1ccc(C(=O)O)o1. The molecule has 1 amide bonds. The number of hydrogen-bond donors (Lipinski definition) is 2. The summed E-state index contributed by atoms with van der Waals surface area (Å²) in [5, 5.41) is 11.6. The molecule has 0 aliphatic rings. The smallest absolute Gasteiger partial charge is 0.371 e. The topological polar surface area (TPSA) is 88.8 Å². The van der Waals surface area contributed by atoms with Crippen molar-refractivity contribution in [2.75, 3.05) is 0 Å². The number of furan rings is 1. The average molecular weight is 345 g/mol. The molecule has 2 N–H and O–H groups in total. The fraction of sp³-hybridized carbons (Fsp3) is 0.368. The molecular weight excluding hydrogens is 322 g/mol. The van der Waals surface area contributed by atoms with Crippen molar-refractivity contribution in [3.05, 3.63) is 53.5 Å². The van der Waals surface area contributed by atoms with Crippen LogP contribution in [0.1, 0.15) is 53.9 Å². The predicted molar refractivity (Wildman–Crippen MR) is 93.1 cm³/mol. The molecule has 0 bridgehead atoms. The number of ether oxygens (including phenoxy) is 1. The summed E-state index contributed by atoms with van der Waals surface area (Å²) in [7, 11) is 0. The summed E-state index contributed by atoms with van der Waals surface area (Å²) in [6, 6.07) is 10.5. The van der Waals surface area contributed by atoms with E-state index in [2.05, 4.69) is 5.32 Å². The van der Waals surface area contributed by atoms with Crippen LogP contribution in [0.2, 0.25) is 0 Å². The molecule has 134 valence electrons. The van der Waals surface area contributed by atoms with Crippen LogP contribution in [0, 0.1) is 0 Å². The number of benzene rings is 1. The summed E-state index contributed by atoms with van der Waals surface area (Å²) in [5.74, 6) is -1.02. The van der Waals surface area contributed by atoms with Crippen LogP contribution in [0.3, 0.4) is 0 Å². The van der Waals surface area contributed by atoms with Crippen molar-refractivity contribution in [3.63, 3.8) is 0 Å². The van der Waals surface area contributed by atoms with Crippen LogP contribution in [0.5, 0.6) is 5.75 Å². The summed E-state index contributed by atoms with van der Waals surface area (Å²) in [4.78, 5) is 22.8. The van der Waals surface area contributed by atoms with Crippen molar-refractivity contribution < 1.29 is 23.8 Å². The largest absolute Gasteiger partial charge is 0.491 e. The first-order valence-electron chi connectivity index (χ1n) is 8.24. The Bertz CT molecular complexity index is 718. The van der Waals surface area contributed by atoms with Gasteiger partial charge in [0.05, 0.1) is 6.10 Å². The van der Waals surface area contributed by atoms with Crippen molar-refractivity contribution in [1.82, 2.24) is 5.32 Å². The molecule has 0 spiro atoms. The molecule has 2 aromatic rings. The maximum atomic E-state index is 12.0. The minimum absolute atomic E-state index is 0.000521. The predicted octanol–water partition coefficient (Wildman–Crippen LogP) is 3.52. The van der Waals surface area contributed by atoms with Crippen LogP contribution < -0.4 is 10.1 Å². The van der Waals surface area contributed by atoms with Crippen molar-refractivity contribution in [3.8, 4) is 5.75 Å². The molecule has 0 saturated heterocycles. The van der Waals surface area contributed by atoms with Gasteiger partial charge in [-0.3, -0.25) is 4.79 Å². The van der Waals surface area contributed by atoms with Crippen molar-refractivity contribution >= 4 is 11.9 Å². The Morgan fingerprint density at radius 2 is 1.72 bits per heavy atom. The number of rotatable bonds is 8. The molecule has 6 heteroatoms. The van der Waals surface area contributed by atoms with Gasteiger partial charge in [-0.25, -0.2) is 4.79 Å². The summed E-state index contributed by atoms with van der Waals surface area (Å²) in [6.45, 7) is 5.86. The summed E-state index contributed by atoms with van der Waals surface area (Å²) >= 11 is 0. The number of aryl methyl sites for hydroxylation is 1. The molecule has 1 atom stereocenters. The second-order valence-corrected chi connectivity index (χ2v) is 6.19. The maximum Gasteiger partial charge on any atom is 0.371 e. The lowest BCUT2D eigenvalue weighted by molar-refractivity contribution is 0.0659. The molecule has 0 saturated carbocycles. The first-order valence-corrected chi connectivity index (χ1v) is 8.24. The molecule has 2 rings (SSSR count). The fourth-order valence-corrected chi connectivity index (χ4v) is 2.33. The summed E-state index contributed by atoms with van der Waals surface area (Å²) in [6.07, 6.45) is 1.70. The monoisotopic (exact) mass is 345 g/mol. The van der Waals surface area contributed by atoms with Gasteiger partial charge in [-0.15, -0.1) is 0 Å². The van der Waals surface area contributed by atoms with E-state index in [4.69, 9.17) is 14.3 Å². The van der Waals surface area contributed by atoms with Gasteiger partial charge in [-0.05, 0) is 63.4 Å². The van der Waals surface area contributed by atoms with Gasteiger partial charge in [0.2, 0.25) is 5.76 Å². The number of carbonyl (C=O) groups excluding carboxylic acids is 1. The fourth-order valence-electron chi connectivity index (χ4n) is 2.33. The Kier molecular flexibility index (Phi) is 6.22. The molecule has 0 radical (unpaired) electrons. The zero-order chi connectivity index (χ0) is 18.4. The van der Waals surface area contributed by atoms with Gasteiger partial charge < -0.3 is 19.6 Å². The lowest BCUT2D eigenvalue weighted by Gasteiger charge is -2.13. The summed E-state index contributed by atoms with van der Waals surface area (Å²) < 4.78 is 10.6. The van der Waals surface area contributed by atoms with Crippen molar-refractivity contribution in [1.29, 1.82) is 0 Å². The van der Waals surface area contributed by atoms with Crippen molar-refractivity contribution in [2.24, 2.45) is 0 Å². The minimum atomic E-state index is -1.20. The zero-order valence-electron chi connectivity index (χ0n) is 14.6. The van der Waals surface area contributed by atoms with E-state index in [1.54, 1.807) is 0 Å². The van der Waals surface area contributed by atoms with Crippen LogP contribution in [0.15, 0.2) is 40.8 Å². The molecule has 25 heavy (non-hydrogen) atoms. The second kappa shape index (κ2) is 8.37. The van der Waals surface area contributed by atoms with Crippen LogP contribution in [0.25, 0.3) is 0 Å². The van der Waals surface area contributed by atoms with Crippen molar-refractivity contribution in [2.45, 2.75) is 45.8 Å². The molecule has 1 aromatic heterocycles. The molecule has 6 nitrogen and oxygen atoms in total. The van der Waals surface area contributed by atoms with E-state index in [0.717, 1.165) is 24.2 Å². The van der Waals surface area contributed by atoms with E-state index < -0.39 is 11.9 Å². The van der Waals surface area contributed by atoms with Gasteiger partial charge in [0.1, 0.15) is 5.75 Å². The number of nitrogens with one attached hydrogen (secondary N) is 1. The number of carboxylic acids is 1.